The number of carboxylic acid groups (broad SMARTS) is 1. The highest BCUT2D eigenvalue weighted by Crippen LogP contribution is 2.41. The molecule has 0 unspecified atom stereocenters. The second-order valence-electron chi connectivity index (χ2n) is 12.2. The van der Waals surface area contributed by atoms with Crippen molar-refractivity contribution in [1.29, 1.82) is 0 Å². The number of benzene rings is 3. The van der Waals surface area contributed by atoms with E-state index < -0.39 is 11.6 Å². The molecule has 0 aliphatic carbocycles. The summed E-state index contributed by atoms with van der Waals surface area (Å²) in [6.45, 7) is 8.74. The first-order valence-electron chi connectivity index (χ1n) is 14.2. The van der Waals surface area contributed by atoms with Crippen molar-refractivity contribution in [3.8, 4) is 22.4 Å². The van der Waals surface area contributed by atoms with Crippen LogP contribution in [0.2, 0.25) is 0 Å². The molecule has 41 heavy (non-hydrogen) atoms. The summed E-state index contributed by atoms with van der Waals surface area (Å²) in [7, 11) is -0.381. The Labute approximate surface area is 241 Å². The van der Waals surface area contributed by atoms with E-state index in [-0.39, 0.29) is 18.3 Å². The van der Waals surface area contributed by atoms with Gasteiger partial charge in [-0.2, -0.15) is 0 Å². The van der Waals surface area contributed by atoms with E-state index >= 15 is 0 Å². The molecule has 8 heteroatoms. The number of carbonyl (C=O) groups is 1. The van der Waals surface area contributed by atoms with Gasteiger partial charge in [-0.05, 0) is 68.3 Å². The van der Waals surface area contributed by atoms with E-state index in [1.54, 1.807) is 4.90 Å². The highest BCUT2D eigenvalue weighted by atomic mass is 16.7. The quantitative estimate of drug-likeness (QED) is 0.278. The first-order chi connectivity index (χ1) is 19.6. The summed E-state index contributed by atoms with van der Waals surface area (Å²) in [4.78, 5) is 22.0. The van der Waals surface area contributed by atoms with Crippen molar-refractivity contribution in [2.24, 2.45) is 0 Å². The van der Waals surface area contributed by atoms with Crippen LogP contribution in [-0.2, 0) is 21.3 Å². The normalized spacial score (nSPS) is 21.4. The lowest BCUT2D eigenvalue weighted by molar-refractivity contribution is 0.00578. The van der Waals surface area contributed by atoms with Gasteiger partial charge in [0.25, 0.3) is 0 Å². The van der Waals surface area contributed by atoms with E-state index in [1.807, 2.05) is 36.5 Å². The van der Waals surface area contributed by atoms with Crippen molar-refractivity contribution >= 4 is 18.7 Å². The van der Waals surface area contributed by atoms with Crippen LogP contribution in [-0.4, -0.2) is 50.9 Å². The molecule has 2 aliphatic heterocycles. The summed E-state index contributed by atoms with van der Waals surface area (Å²) in [5, 5.41) is 10.0. The third-order valence-corrected chi connectivity index (χ3v) is 9.04. The number of H-pyrrole nitrogens is 1. The number of rotatable bonds is 6. The molecule has 0 bridgehead atoms. The molecule has 1 amide bonds. The first kappa shape index (κ1) is 27.3. The number of amides is 1. The van der Waals surface area contributed by atoms with Crippen molar-refractivity contribution in [3.05, 3.63) is 96.4 Å². The van der Waals surface area contributed by atoms with Gasteiger partial charge >= 0.3 is 13.2 Å². The van der Waals surface area contributed by atoms with Crippen molar-refractivity contribution < 1.29 is 19.2 Å². The van der Waals surface area contributed by atoms with Crippen molar-refractivity contribution in [2.75, 3.05) is 6.54 Å². The SMILES string of the molecule is CC1(C)OB(c2ccc(-c3ccc(-c4cnc([C@@]5(Cc6ccccc6)CCCN5C(=O)O)[nH]4)cc3)cc2)OC1(C)C. The number of hydrogen-bond donors (Lipinski definition) is 2. The van der Waals surface area contributed by atoms with Crippen LogP contribution in [0.1, 0.15) is 51.9 Å². The second kappa shape index (κ2) is 10.2. The first-order valence-corrected chi connectivity index (χ1v) is 14.2. The molecule has 3 heterocycles. The largest absolute Gasteiger partial charge is 0.494 e. The minimum Gasteiger partial charge on any atom is -0.465 e. The maximum absolute atomic E-state index is 12.3. The molecule has 210 valence electrons. The van der Waals surface area contributed by atoms with Crippen LogP contribution in [0.15, 0.2) is 85.1 Å². The van der Waals surface area contributed by atoms with Crippen molar-refractivity contribution in [2.45, 2.75) is 63.7 Å². The number of aromatic nitrogens is 2. The van der Waals surface area contributed by atoms with Gasteiger partial charge in [0.2, 0.25) is 0 Å². The van der Waals surface area contributed by atoms with Gasteiger partial charge in [0.15, 0.2) is 0 Å². The summed E-state index contributed by atoms with van der Waals surface area (Å²) >= 11 is 0. The molecule has 2 N–H and O–H groups in total. The zero-order valence-corrected chi connectivity index (χ0v) is 24.1. The standard InChI is InChI=1S/C33H36BN3O4/c1-31(2)32(3,4)41-34(40-31)27-17-15-25(16-18-27)24-11-13-26(14-12-24)28-22-35-29(36-28)33(19-8-20-37(33)30(38)39)21-23-9-6-5-7-10-23/h5-7,9-18,22H,8,19-21H2,1-4H3,(H,35,36)(H,38,39)/t33-/m0/s1. The molecule has 2 fully saturated rings. The van der Waals surface area contributed by atoms with Gasteiger partial charge in [0.05, 0.1) is 23.1 Å². The average molecular weight is 549 g/mol. The Morgan fingerprint density at radius 1 is 0.902 bits per heavy atom. The van der Waals surface area contributed by atoms with Crippen LogP contribution < -0.4 is 5.46 Å². The smallest absolute Gasteiger partial charge is 0.465 e. The maximum atomic E-state index is 12.3. The third-order valence-electron chi connectivity index (χ3n) is 9.04. The van der Waals surface area contributed by atoms with Crippen LogP contribution >= 0.6 is 0 Å². The molecule has 3 aromatic carbocycles. The lowest BCUT2D eigenvalue weighted by atomic mass is 9.78. The van der Waals surface area contributed by atoms with Crippen LogP contribution in [0, 0.1) is 0 Å². The predicted octanol–water partition coefficient (Wildman–Crippen LogP) is 6.25. The molecular formula is C33H36BN3O4. The summed E-state index contributed by atoms with van der Waals surface area (Å²) < 4.78 is 12.4. The molecular weight excluding hydrogens is 513 g/mol. The molecule has 6 rings (SSSR count). The molecule has 0 saturated carbocycles. The monoisotopic (exact) mass is 549 g/mol. The molecule has 2 aliphatic rings. The number of nitrogens with zero attached hydrogens (tertiary/aromatic N) is 2. The Hall–Kier alpha value is -3.88. The molecule has 2 saturated heterocycles. The van der Waals surface area contributed by atoms with Gasteiger partial charge in [-0.15, -0.1) is 0 Å². The Morgan fingerprint density at radius 3 is 2.10 bits per heavy atom. The lowest BCUT2D eigenvalue weighted by Crippen LogP contribution is -2.46. The molecule has 0 radical (unpaired) electrons. The fourth-order valence-corrected chi connectivity index (χ4v) is 5.96. The van der Waals surface area contributed by atoms with Crippen LogP contribution in [0.25, 0.3) is 22.4 Å². The fourth-order valence-electron chi connectivity index (χ4n) is 5.96. The zero-order chi connectivity index (χ0) is 28.8. The Balaban J connectivity index is 1.22. The number of likely N-dealkylation sites (tertiary alicyclic amines) is 1. The van der Waals surface area contributed by atoms with E-state index in [0.717, 1.165) is 46.3 Å². The molecule has 0 spiro atoms. The summed E-state index contributed by atoms with van der Waals surface area (Å²) in [6.07, 6.45) is 3.01. The minimum atomic E-state index is -0.912. The highest BCUT2D eigenvalue weighted by Gasteiger charge is 2.51. The van der Waals surface area contributed by atoms with Gasteiger partial charge in [-0.3, -0.25) is 4.90 Å². The van der Waals surface area contributed by atoms with Gasteiger partial charge in [-0.25, -0.2) is 9.78 Å². The van der Waals surface area contributed by atoms with Gasteiger partial charge < -0.3 is 19.4 Å². The summed E-state index contributed by atoms with van der Waals surface area (Å²) in [5.74, 6) is 0.693. The number of imidazole rings is 1. The Bertz CT molecular complexity index is 1520. The number of nitrogens with one attached hydrogen (secondary N) is 1. The molecule has 1 aromatic heterocycles. The van der Waals surface area contributed by atoms with E-state index in [9.17, 15) is 9.90 Å². The topological polar surface area (TPSA) is 87.7 Å². The van der Waals surface area contributed by atoms with Gasteiger partial charge in [0, 0.05) is 13.0 Å². The van der Waals surface area contributed by atoms with Gasteiger partial charge in [0.1, 0.15) is 11.4 Å². The van der Waals surface area contributed by atoms with Crippen molar-refractivity contribution in [3.63, 3.8) is 0 Å². The number of hydrogen-bond acceptors (Lipinski definition) is 4. The Morgan fingerprint density at radius 2 is 1.49 bits per heavy atom. The fraction of sp³-hybridized carbons (Fsp3) is 0.333. The van der Waals surface area contributed by atoms with E-state index in [1.165, 1.54) is 0 Å². The lowest BCUT2D eigenvalue weighted by Gasteiger charge is -2.35. The van der Waals surface area contributed by atoms with Gasteiger partial charge in [-0.1, -0.05) is 78.9 Å². The van der Waals surface area contributed by atoms with Crippen LogP contribution in [0.3, 0.4) is 0 Å². The average Bonchev–Trinajstić information content (AvgIpc) is 3.66. The maximum Gasteiger partial charge on any atom is 0.494 e. The minimum absolute atomic E-state index is 0.371. The summed E-state index contributed by atoms with van der Waals surface area (Å²) in [6, 6.07) is 26.7. The molecule has 7 nitrogen and oxygen atoms in total. The van der Waals surface area contributed by atoms with E-state index in [4.69, 9.17) is 14.3 Å². The van der Waals surface area contributed by atoms with Crippen molar-refractivity contribution in [1.82, 2.24) is 14.9 Å². The van der Waals surface area contributed by atoms with E-state index in [2.05, 4.69) is 81.2 Å². The summed E-state index contributed by atoms with van der Waals surface area (Å²) in [5.41, 5.74) is 4.70. The molecule has 4 aromatic rings. The second-order valence-corrected chi connectivity index (χ2v) is 12.2. The predicted molar refractivity (Wildman–Crippen MR) is 161 cm³/mol. The molecule has 1 atom stereocenters. The van der Waals surface area contributed by atoms with E-state index in [0.29, 0.717) is 18.8 Å². The van der Waals surface area contributed by atoms with Crippen LogP contribution in [0.5, 0.6) is 0 Å². The van der Waals surface area contributed by atoms with Crippen LogP contribution in [0.4, 0.5) is 4.79 Å². The number of aromatic amines is 1. The highest BCUT2D eigenvalue weighted by molar-refractivity contribution is 6.62. The Kier molecular flexibility index (Phi) is 6.79. The third kappa shape index (κ3) is 4.96. The zero-order valence-electron chi connectivity index (χ0n) is 24.1.